The third-order valence-electron chi connectivity index (χ3n) is 6.20. The van der Waals surface area contributed by atoms with Crippen molar-refractivity contribution < 1.29 is 59.3 Å². The molecule has 1 fully saturated rings. The molecule has 2 aromatic carbocycles. The number of phenolic OH excluding ortho intramolecular Hbond substituents is 2. The lowest BCUT2D eigenvalue weighted by Crippen LogP contribution is -2.51. The summed E-state index contributed by atoms with van der Waals surface area (Å²) in [5, 5.41) is 60.9. The first-order valence-electron chi connectivity index (χ1n) is 11.1. The summed E-state index contributed by atoms with van der Waals surface area (Å²) in [5.74, 6) is -5.13. The Kier molecular flexibility index (Phi) is 8.94. The molecule has 1 aliphatic carbocycles. The van der Waals surface area contributed by atoms with Gasteiger partial charge in [-0.2, -0.15) is 0 Å². The first-order valence-corrected chi connectivity index (χ1v) is 11.1. The number of aromatic hydroxyl groups is 2. The summed E-state index contributed by atoms with van der Waals surface area (Å²) in [7, 11) is 0. The van der Waals surface area contributed by atoms with Crippen LogP contribution in [0.1, 0.15) is 23.0 Å². The summed E-state index contributed by atoms with van der Waals surface area (Å²) in [6.07, 6.45) is -2.47. The first kappa shape index (κ1) is 28.0. The molecule has 14 nitrogen and oxygen atoms in total. The lowest BCUT2D eigenvalue weighted by molar-refractivity contribution is -0.136. The van der Waals surface area contributed by atoms with Crippen LogP contribution in [0.15, 0.2) is 36.4 Å². The van der Waals surface area contributed by atoms with Crippen LogP contribution in [0.3, 0.4) is 0 Å². The van der Waals surface area contributed by atoms with Crippen LogP contribution in [0.25, 0.3) is 0 Å². The van der Waals surface area contributed by atoms with Gasteiger partial charge in [-0.05, 0) is 12.1 Å². The predicted octanol–water partition coefficient (Wildman–Crippen LogP) is -0.256. The zero-order valence-corrected chi connectivity index (χ0v) is 19.8. The minimum atomic E-state index is -1.27. The Morgan fingerprint density at radius 1 is 0.737 bits per heavy atom. The van der Waals surface area contributed by atoms with Gasteiger partial charge in [0.15, 0.2) is 13.5 Å². The van der Waals surface area contributed by atoms with Crippen LogP contribution >= 0.6 is 0 Å². The molecule has 2 aromatic rings. The van der Waals surface area contributed by atoms with Gasteiger partial charge in [-0.25, -0.2) is 0 Å². The van der Waals surface area contributed by atoms with Crippen molar-refractivity contribution in [3.8, 4) is 11.5 Å². The van der Waals surface area contributed by atoms with Crippen LogP contribution in [0, 0.1) is 0 Å². The number of benzene rings is 2. The second-order valence-corrected chi connectivity index (χ2v) is 8.49. The number of carbonyl (C=O) groups excluding carboxylic acids is 2. The topological polar surface area (TPSA) is 215 Å². The summed E-state index contributed by atoms with van der Waals surface area (Å²) in [6.45, 7) is -1.42. The van der Waals surface area contributed by atoms with Gasteiger partial charge in [0, 0.05) is 46.5 Å². The second-order valence-electron chi connectivity index (χ2n) is 8.49. The Labute approximate surface area is 215 Å². The summed E-state index contributed by atoms with van der Waals surface area (Å²) in [6, 6.07) is 8.09. The molecular formula is C24H26N2O12. The van der Waals surface area contributed by atoms with E-state index in [0.717, 1.165) is 11.0 Å². The molecule has 1 aliphatic rings. The Balaban J connectivity index is 1.80. The number of carboxylic acid groups (broad SMARTS) is 2. The highest BCUT2D eigenvalue weighted by atomic mass is 16.6. The molecule has 14 heteroatoms. The van der Waals surface area contributed by atoms with Crippen LogP contribution in [0.2, 0.25) is 0 Å². The van der Waals surface area contributed by atoms with Gasteiger partial charge in [0.2, 0.25) is 0 Å². The highest BCUT2D eigenvalue weighted by Gasteiger charge is 2.52. The minimum Gasteiger partial charge on any atom is -0.508 e. The normalized spacial score (nSPS) is 20.1. The van der Waals surface area contributed by atoms with Crippen molar-refractivity contribution in [2.24, 2.45) is 0 Å². The fourth-order valence-electron chi connectivity index (χ4n) is 4.45. The van der Waals surface area contributed by atoms with E-state index >= 15 is 0 Å². The summed E-state index contributed by atoms with van der Waals surface area (Å²) in [5.41, 5.74) is 0.777. The molecule has 0 saturated heterocycles. The average molecular weight is 534 g/mol. The lowest BCUT2D eigenvalue weighted by Gasteiger charge is -2.47. The van der Waals surface area contributed by atoms with Crippen molar-refractivity contribution in [3.63, 3.8) is 0 Å². The molecule has 0 radical (unpaired) electrons. The largest absolute Gasteiger partial charge is 0.508 e. The van der Waals surface area contributed by atoms with E-state index in [1.165, 1.54) is 35.2 Å². The Morgan fingerprint density at radius 2 is 1.13 bits per heavy atom. The van der Waals surface area contributed by atoms with Crippen molar-refractivity contribution in [2.45, 2.75) is 24.0 Å². The maximum absolute atomic E-state index is 11.1. The molecule has 0 spiro atoms. The van der Waals surface area contributed by atoms with Gasteiger partial charge in [0.1, 0.15) is 24.6 Å². The number of hydrogen-bond donors (Lipinski definition) is 6. The quantitative estimate of drug-likeness (QED) is 0.136. The molecule has 2 atom stereocenters. The number of carboxylic acids is 2. The summed E-state index contributed by atoms with van der Waals surface area (Å²) >= 11 is 0. The van der Waals surface area contributed by atoms with Crippen molar-refractivity contribution in [1.82, 2.24) is 0 Å². The van der Waals surface area contributed by atoms with Crippen LogP contribution in [0.4, 0.5) is 11.4 Å². The van der Waals surface area contributed by atoms with Crippen LogP contribution < -0.4 is 9.80 Å². The fraction of sp³-hybridized carbons (Fsp3) is 0.333. The first-order chi connectivity index (χ1) is 18.1. The average Bonchev–Trinajstić information content (AvgIpc) is 2.85. The number of nitrogens with zero attached hydrogens (tertiary/aromatic N) is 2. The highest BCUT2D eigenvalue weighted by molar-refractivity contribution is 5.80. The molecule has 38 heavy (non-hydrogen) atoms. The van der Waals surface area contributed by atoms with Crippen LogP contribution in [0.5, 0.6) is 11.5 Å². The molecule has 6 N–H and O–H groups in total. The van der Waals surface area contributed by atoms with E-state index in [0.29, 0.717) is 5.69 Å². The van der Waals surface area contributed by atoms with Crippen molar-refractivity contribution >= 4 is 36.3 Å². The maximum atomic E-state index is 11.1. The molecule has 0 amide bonds. The molecule has 0 aromatic heterocycles. The molecule has 3 rings (SSSR count). The molecule has 0 bridgehead atoms. The van der Waals surface area contributed by atoms with E-state index in [-0.39, 0.29) is 54.7 Å². The lowest BCUT2D eigenvalue weighted by atomic mass is 9.63. The summed E-state index contributed by atoms with van der Waals surface area (Å²) < 4.78 is 9.34. The molecule has 0 heterocycles. The van der Waals surface area contributed by atoms with Gasteiger partial charge in [-0.15, -0.1) is 0 Å². The fourth-order valence-corrected chi connectivity index (χ4v) is 4.45. The van der Waals surface area contributed by atoms with Crippen molar-refractivity contribution in [2.75, 3.05) is 36.4 Å². The molecule has 0 aliphatic heterocycles. The van der Waals surface area contributed by atoms with E-state index in [4.69, 9.17) is 10.2 Å². The van der Waals surface area contributed by atoms with Gasteiger partial charge in [0.05, 0.1) is 12.2 Å². The van der Waals surface area contributed by atoms with E-state index in [2.05, 4.69) is 9.47 Å². The number of phenols is 2. The second kappa shape index (κ2) is 12.1. The van der Waals surface area contributed by atoms with Crippen LogP contribution in [-0.2, 0) is 28.7 Å². The van der Waals surface area contributed by atoms with Gasteiger partial charge < -0.3 is 49.9 Å². The van der Waals surface area contributed by atoms with Gasteiger partial charge in [-0.3, -0.25) is 19.2 Å². The van der Waals surface area contributed by atoms with E-state index in [1.54, 1.807) is 0 Å². The number of carbonyl (C=O) groups is 4. The standard InChI is InChI=1S/C24H26N2O12/c27-11-37-9-26(10-38-12-28)14-2-4-16(18(30)6-14)22-23(35)21(24(22)36)15-3-1-13(5-17(15)29)25(7-19(31)32)8-20(33)34/h1-6,11-12,21-24,29-30,35-36H,7-10H2,(H,31,32)(H,33,34). The number of rotatable bonds is 14. The van der Waals surface area contributed by atoms with Crippen molar-refractivity contribution in [1.29, 1.82) is 0 Å². The monoisotopic (exact) mass is 534 g/mol. The highest BCUT2D eigenvalue weighted by Crippen LogP contribution is 2.52. The maximum Gasteiger partial charge on any atom is 0.323 e. The number of aliphatic hydroxyl groups excluding tert-OH is 2. The number of ether oxygens (including phenoxy) is 2. The van der Waals surface area contributed by atoms with Crippen LogP contribution in [-0.4, -0.2) is 94.3 Å². The Bertz CT molecular complexity index is 1150. The summed E-state index contributed by atoms with van der Waals surface area (Å²) in [4.78, 5) is 45.6. The zero-order valence-electron chi connectivity index (χ0n) is 19.8. The zero-order chi connectivity index (χ0) is 28.0. The predicted molar refractivity (Wildman–Crippen MR) is 128 cm³/mol. The van der Waals surface area contributed by atoms with E-state index in [9.17, 15) is 39.6 Å². The van der Waals surface area contributed by atoms with E-state index < -0.39 is 49.1 Å². The number of hydrogen-bond acceptors (Lipinski definition) is 12. The van der Waals surface area contributed by atoms with E-state index in [1.807, 2.05) is 0 Å². The molecule has 204 valence electrons. The van der Waals surface area contributed by atoms with Gasteiger partial charge in [0.25, 0.3) is 12.9 Å². The Morgan fingerprint density at radius 3 is 1.47 bits per heavy atom. The Hall–Kier alpha value is -4.56. The molecule has 2 unspecified atom stereocenters. The number of aliphatic hydroxyl groups is 2. The third kappa shape index (κ3) is 6.04. The SMILES string of the molecule is O=COCN(COC=O)c1ccc(C2C(O)C(c3ccc(N(CC(=O)O)CC(=O)O)cc3O)C2O)c(O)c1. The molecular weight excluding hydrogens is 508 g/mol. The van der Waals surface area contributed by atoms with Gasteiger partial charge in [-0.1, -0.05) is 12.1 Å². The minimum absolute atomic E-state index is 0.116. The van der Waals surface area contributed by atoms with Crippen molar-refractivity contribution in [3.05, 3.63) is 47.5 Å². The third-order valence-corrected chi connectivity index (χ3v) is 6.20. The molecule has 1 saturated carbocycles. The smallest absolute Gasteiger partial charge is 0.323 e. The number of aliphatic carboxylic acids is 2. The number of anilines is 2. The van der Waals surface area contributed by atoms with Gasteiger partial charge >= 0.3 is 11.9 Å².